The van der Waals surface area contributed by atoms with Crippen LogP contribution in [-0.4, -0.2) is 51.4 Å². The number of fused-ring (bicyclic) bond motifs is 1. The van der Waals surface area contributed by atoms with Crippen molar-refractivity contribution in [1.82, 2.24) is 19.4 Å². The van der Waals surface area contributed by atoms with Gasteiger partial charge in [-0.15, -0.1) is 0 Å². The lowest BCUT2D eigenvalue weighted by Gasteiger charge is -2.40. The quantitative estimate of drug-likeness (QED) is 0.860. The summed E-state index contributed by atoms with van der Waals surface area (Å²) in [5, 5.41) is 0. The van der Waals surface area contributed by atoms with Crippen LogP contribution in [0.3, 0.4) is 0 Å². The van der Waals surface area contributed by atoms with E-state index in [2.05, 4.69) is 39.4 Å². The van der Waals surface area contributed by atoms with Crippen LogP contribution < -0.4 is 0 Å². The van der Waals surface area contributed by atoms with E-state index in [4.69, 9.17) is 0 Å². The Balaban J connectivity index is 1.77. The lowest BCUT2D eigenvalue weighted by atomic mass is 9.87. The SMILES string of the molecule is CC(=O)N1CCCn2ccnc2C1C1CCN(CC(C)C)CC1. The Bertz CT molecular complexity index is 531. The normalized spacial score (nSPS) is 23.8. The first-order chi connectivity index (χ1) is 11.1. The Morgan fingerprint density at radius 3 is 2.65 bits per heavy atom. The molecule has 2 aliphatic heterocycles. The molecule has 1 aromatic heterocycles. The van der Waals surface area contributed by atoms with Gasteiger partial charge in [0.1, 0.15) is 5.82 Å². The van der Waals surface area contributed by atoms with Crippen LogP contribution in [0, 0.1) is 11.8 Å². The van der Waals surface area contributed by atoms with Crippen molar-refractivity contribution >= 4 is 5.91 Å². The molecule has 2 aliphatic rings. The molecule has 0 aromatic carbocycles. The fourth-order valence-electron chi connectivity index (χ4n) is 4.25. The zero-order valence-electron chi connectivity index (χ0n) is 14.7. The third-order valence-electron chi connectivity index (χ3n) is 5.25. The summed E-state index contributed by atoms with van der Waals surface area (Å²) < 4.78 is 2.26. The molecule has 1 saturated heterocycles. The van der Waals surface area contributed by atoms with Crippen molar-refractivity contribution < 1.29 is 4.79 Å². The van der Waals surface area contributed by atoms with Gasteiger partial charge in [0.15, 0.2) is 0 Å². The van der Waals surface area contributed by atoms with Gasteiger partial charge in [0.25, 0.3) is 0 Å². The predicted octanol–water partition coefficient (Wildman–Crippen LogP) is 2.54. The monoisotopic (exact) mass is 318 g/mol. The third kappa shape index (κ3) is 3.60. The van der Waals surface area contributed by atoms with Crippen molar-refractivity contribution in [1.29, 1.82) is 0 Å². The number of likely N-dealkylation sites (tertiary alicyclic amines) is 1. The predicted molar refractivity (Wildman–Crippen MR) is 91.0 cm³/mol. The van der Waals surface area contributed by atoms with Crippen LogP contribution in [-0.2, 0) is 11.3 Å². The van der Waals surface area contributed by atoms with E-state index in [1.165, 1.54) is 6.54 Å². The van der Waals surface area contributed by atoms with Crippen LogP contribution in [0.25, 0.3) is 0 Å². The molecule has 3 rings (SSSR count). The maximum Gasteiger partial charge on any atom is 0.220 e. The van der Waals surface area contributed by atoms with Crippen LogP contribution in [0.1, 0.15) is 51.9 Å². The summed E-state index contributed by atoms with van der Waals surface area (Å²) in [6.07, 6.45) is 7.30. The van der Waals surface area contributed by atoms with Gasteiger partial charge >= 0.3 is 0 Å². The van der Waals surface area contributed by atoms with E-state index in [-0.39, 0.29) is 11.9 Å². The fourth-order valence-corrected chi connectivity index (χ4v) is 4.25. The molecule has 5 nitrogen and oxygen atoms in total. The minimum Gasteiger partial charge on any atom is -0.333 e. The number of amides is 1. The minimum absolute atomic E-state index is 0.159. The van der Waals surface area contributed by atoms with Gasteiger partial charge in [-0.2, -0.15) is 0 Å². The number of rotatable bonds is 3. The van der Waals surface area contributed by atoms with Crippen LogP contribution in [0.5, 0.6) is 0 Å². The summed E-state index contributed by atoms with van der Waals surface area (Å²) in [7, 11) is 0. The summed E-state index contributed by atoms with van der Waals surface area (Å²) in [5.74, 6) is 2.54. The van der Waals surface area contributed by atoms with Gasteiger partial charge in [-0.1, -0.05) is 13.8 Å². The number of hydrogen-bond donors (Lipinski definition) is 0. The number of piperidine rings is 1. The molecule has 128 valence electrons. The highest BCUT2D eigenvalue weighted by Gasteiger charge is 2.36. The highest BCUT2D eigenvalue weighted by atomic mass is 16.2. The average Bonchev–Trinajstić information content (AvgIpc) is 2.87. The molecular formula is C18H30N4O. The smallest absolute Gasteiger partial charge is 0.220 e. The topological polar surface area (TPSA) is 41.4 Å². The molecule has 23 heavy (non-hydrogen) atoms. The molecule has 0 radical (unpaired) electrons. The van der Waals surface area contributed by atoms with Gasteiger partial charge in [0.05, 0.1) is 6.04 Å². The van der Waals surface area contributed by atoms with Crippen LogP contribution in [0.15, 0.2) is 12.4 Å². The first kappa shape index (κ1) is 16.5. The van der Waals surface area contributed by atoms with E-state index in [1.54, 1.807) is 6.92 Å². The fraction of sp³-hybridized carbons (Fsp3) is 0.778. The first-order valence-electron chi connectivity index (χ1n) is 9.07. The van der Waals surface area contributed by atoms with Crippen molar-refractivity contribution in [3.63, 3.8) is 0 Å². The Morgan fingerprint density at radius 2 is 2.00 bits per heavy atom. The summed E-state index contributed by atoms with van der Waals surface area (Å²) in [4.78, 5) is 21.5. The molecule has 3 heterocycles. The maximum atomic E-state index is 12.2. The van der Waals surface area contributed by atoms with Crippen LogP contribution >= 0.6 is 0 Å². The number of aryl methyl sites for hydroxylation is 1. The van der Waals surface area contributed by atoms with Crippen LogP contribution in [0.4, 0.5) is 0 Å². The molecule has 1 aromatic rings. The number of carbonyl (C=O) groups excluding carboxylic acids is 1. The Hall–Kier alpha value is -1.36. The largest absolute Gasteiger partial charge is 0.333 e. The zero-order valence-corrected chi connectivity index (χ0v) is 14.7. The summed E-state index contributed by atoms with van der Waals surface area (Å²) in [6, 6.07) is 0.159. The van der Waals surface area contributed by atoms with Crippen molar-refractivity contribution in [2.75, 3.05) is 26.2 Å². The van der Waals surface area contributed by atoms with Gasteiger partial charge in [-0.05, 0) is 44.2 Å². The molecule has 0 bridgehead atoms. The molecule has 0 N–H and O–H groups in total. The lowest BCUT2D eigenvalue weighted by molar-refractivity contribution is -0.133. The number of nitrogens with zero attached hydrogens (tertiary/aromatic N) is 4. The van der Waals surface area contributed by atoms with Gasteiger partial charge in [-0.25, -0.2) is 4.98 Å². The summed E-state index contributed by atoms with van der Waals surface area (Å²) in [6.45, 7) is 11.6. The number of carbonyl (C=O) groups is 1. The zero-order chi connectivity index (χ0) is 16.4. The van der Waals surface area contributed by atoms with E-state index >= 15 is 0 Å². The standard InChI is InChI=1S/C18H30N4O/c1-14(2)13-20-10-5-16(6-11-20)17-18-19-7-12-21(18)8-4-9-22(17)15(3)23/h7,12,14,16-17H,4-6,8-11,13H2,1-3H3. The van der Waals surface area contributed by atoms with Crippen LogP contribution in [0.2, 0.25) is 0 Å². The summed E-state index contributed by atoms with van der Waals surface area (Å²) >= 11 is 0. The second-order valence-electron chi connectivity index (χ2n) is 7.52. The summed E-state index contributed by atoms with van der Waals surface area (Å²) in [5.41, 5.74) is 0. The van der Waals surface area contributed by atoms with E-state index in [0.717, 1.165) is 57.2 Å². The number of aromatic nitrogens is 2. The van der Waals surface area contributed by atoms with E-state index in [9.17, 15) is 4.79 Å². The van der Waals surface area contributed by atoms with Crippen molar-refractivity contribution in [2.45, 2.75) is 52.6 Å². The van der Waals surface area contributed by atoms with Crippen molar-refractivity contribution in [3.8, 4) is 0 Å². The molecule has 0 aliphatic carbocycles. The molecule has 1 amide bonds. The van der Waals surface area contributed by atoms with E-state index in [1.807, 2.05) is 6.20 Å². The van der Waals surface area contributed by atoms with Gasteiger partial charge in [-0.3, -0.25) is 4.79 Å². The number of imidazole rings is 1. The van der Waals surface area contributed by atoms with Gasteiger partial charge < -0.3 is 14.4 Å². The maximum absolute atomic E-state index is 12.2. The molecular weight excluding hydrogens is 288 g/mol. The second-order valence-corrected chi connectivity index (χ2v) is 7.52. The highest BCUT2D eigenvalue weighted by molar-refractivity contribution is 5.73. The Labute approximate surface area is 139 Å². The van der Waals surface area contributed by atoms with Gasteiger partial charge in [0.2, 0.25) is 5.91 Å². The minimum atomic E-state index is 0.159. The van der Waals surface area contributed by atoms with E-state index in [0.29, 0.717) is 5.92 Å². The van der Waals surface area contributed by atoms with E-state index < -0.39 is 0 Å². The number of hydrogen-bond acceptors (Lipinski definition) is 3. The average molecular weight is 318 g/mol. The molecule has 1 atom stereocenters. The molecule has 0 saturated carbocycles. The second kappa shape index (κ2) is 7.04. The van der Waals surface area contributed by atoms with Crippen molar-refractivity contribution in [2.24, 2.45) is 11.8 Å². The third-order valence-corrected chi connectivity index (χ3v) is 5.25. The first-order valence-corrected chi connectivity index (χ1v) is 9.07. The molecule has 1 unspecified atom stereocenters. The van der Waals surface area contributed by atoms with Crippen molar-refractivity contribution in [3.05, 3.63) is 18.2 Å². The molecule has 5 heteroatoms. The Morgan fingerprint density at radius 1 is 1.26 bits per heavy atom. The lowest BCUT2D eigenvalue weighted by Crippen LogP contribution is -2.43. The Kier molecular flexibility index (Phi) is 5.05. The molecule has 0 spiro atoms. The van der Waals surface area contributed by atoms with Gasteiger partial charge in [0, 0.05) is 39.0 Å². The highest BCUT2D eigenvalue weighted by Crippen LogP contribution is 2.36. The molecule has 1 fully saturated rings.